The summed E-state index contributed by atoms with van der Waals surface area (Å²) in [6.45, 7) is 4.39. The first-order valence-electron chi connectivity index (χ1n) is 5.90. The molecule has 2 rings (SSSR count). The zero-order valence-corrected chi connectivity index (χ0v) is 9.88. The van der Waals surface area contributed by atoms with E-state index < -0.39 is 0 Å². The topological polar surface area (TPSA) is 38.3 Å². The van der Waals surface area contributed by atoms with Crippen molar-refractivity contribution in [1.82, 2.24) is 5.32 Å². The van der Waals surface area contributed by atoms with Crippen LogP contribution in [0.3, 0.4) is 0 Å². The molecule has 0 aromatic rings. The third-order valence-electron chi connectivity index (χ3n) is 3.67. The number of nitrogens with one attached hydrogen (secondary N) is 1. The molecule has 0 heterocycles. The van der Waals surface area contributed by atoms with Gasteiger partial charge in [0.1, 0.15) is 6.04 Å². The molecule has 0 aliphatic heterocycles. The second kappa shape index (κ2) is 3.78. The summed E-state index contributed by atoms with van der Waals surface area (Å²) in [7, 11) is 1.48. The summed E-state index contributed by atoms with van der Waals surface area (Å²) in [6, 6.07) is -0.0781. The van der Waals surface area contributed by atoms with E-state index in [9.17, 15) is 4.79 Å². The van der Waals surface area contributed by atoms with Crippen molar-refractivity contribution < 1.29 is 9.53 Å². The number of hydrogen-bond donors (Lipinski definition) is 1. The number of ether oxygens (including phenoxy) is 1. The molecule has 2 fully saturated rings. The van der Waals surface area contributed by atoms with Crippen LogP contribution in [0, 0.1) is 11.8 Å². The highest BCUT2D eigenvalue weighted by Crippen LogP contribution is 2.41. The van der Waals surface area contributed by atoms with Crippen molar-refractivity contribution in [2.75, 3.05) is 7.11 Å². The number of rotatable bonds is 5. The largest absolute Gasteiger partial charge is 0.468 e. The molecule has 1 N–H and O–H groups in total. The number of carbonyl (C=O) groups is 1. The number of hydrogen-bond acceptors (Lipinski definition) is 3. The second-order valence-corrected chi connectivity index (χ2v) is 5.48. The second-order valence-electron chi connectivity index (χ2n) is 5.48. The third-order valence-corrected chi connectivity index (χ3v) is 3.67. The van der Waals surface area contributed by atoms with Crippen LogP contribution >= 0.6 is 0 Å². The molecule has 1 unspecified atom stereocenters. The average molecular weight is 211 g/mol. The first-order valence-corrected chi connectivity index (χ1v) is 5.90. The molecule has 0 aromatic carbocycles. The summed E-state index contributed by atoms with van der Waals surface area (Å²) >= 11 is 0. The summed E-state index contributed by atoms with van der Waals surface area (Å²) in [6.07, 6.45) is 4.90. The quantitative estimate of drug-likeness (QED) is 0.704. The molecule has 15 heavy (non-hydrogen) atoms. The van der Waals surface area contributed by atoms with Crippen molar-refractivity contribution in [2.45, 2.75) is 51.1 Å². The molecule has 2 aliphatic rings. The van der Waals surface area contributed by atoms with E-state index in [4.69, 9.17) is 4.74 Å². The van der Waals surface area contributed by atoms with Crippen molar-refractivity contribution in [3.05, 3.63) is 0 Å². The van der Waals surface area contributed by atoms with E-state index in [1.165, 1.54) is 20.0 Å². The standard InChI is InChI=1S/C12H21NO2/c1-12(2,9-6-7-9)13-10(8-4-5-8)11(14)15-3/h8-10,13H,4-7H2,1-3H3. The van der Waals surface area contributed by atoms with E-state index in [0.29, 0.717) is 5.92 Å². The van der Waals surface area contributed by atoms with Gasteiger partial charge in [0.2, 0.25) is 0 Å². The zero-order chi connectivity index (χ0) is 11.1. The van der Waals surface area contributed by atoms with Crippen molar-refractivity contribution in [3.8, 4) is 0 Å². The van der Waals surface area contributed by atoms with E-state index in [-0.39, 0.29) is 17.6 Å². The molecule has 0 radical (unpaired) electrons. The van der Waals surface area contributed by atoms with Gasteiger partial charge in [0.05, 0.1) is 7.11 Å². The minimum atomic E-state index is -0.0915. The van der Waals surface area contributed by atoms with Crippen LogP contribution in [0.2, 0.25) is 0 Å². The van der Waals surface area contributed by atoms with Gasteiger partial charge in [0.25, 0.3) is 0 Å². The fraction of sp³-hybridized carbons (Fsp3) is 0.917. The monoisotopic (exact) mass is 211 g/mol. The van der Waals surface area contributed by atoms with E-state index in [0.717, 1.165) is 18.8 Å². The zero-order valence-electron chi connectivity index (χ0n) is 9.88. The predicted molar refractivity (Wildman–Crippen MR) is 58.5 cm³/mol. The van der Waals surface area contributed by atoms with Crippen molar-refractivity contribution in [3.63, 3.8) is 0 Å². The molecular weight excluding hydrogens is 190 g/mol. The van der Waals surface area contributed by atoms with Crippen molar-refractivity contribution in [1.29, 1.82) is 0 Å². The maximum atomic E-state index is 11.6. The fourth-order valence-corrected chi connectivity index (χ4v) is 2.25. The van der Waals surface area contributed by atoms with Gasteiger partial charge in [0, 0.05) is 5.54 Å². The Balaban J connectivity index is 1.96. The summed E-state index contributed by atoms with van der Waals surface area (Å²) < 4.78 is 4.86. The average Bonchev–Trinajstić information content (AvgIpc) is 3.05. The van der Waals surface area contributed by atoms with Gasteiger partial charge in [-0.15, -0.1) is 0 Å². The first-order chi connectivity index (χ1) is 7.04. The lowest BCUT2D eigenvalue weighted by Crippen LogP contribution is -2.52. The molecule has 0 amide bonds. The molecule has 0 aromatic heterocycles. The number of methoxy groups -OCH3 is 1. The number of carbonyl (C=O) groups excluding carboxylic acids is 1. The lowest BCUT2D eigenvalue weighted by atomic mass is 9.96. The lowest BCUT2D eigenvalue weighted by molar-refractivity contribution is -0.144. The van der Waals surface area contributed by atoms with Crippen molar-refractivity contribution >= 4 is 5.97 Å². The van der Waals surface area contributed by atoms with Gasteiger partial charge in [0.15, 0.2) is 0 Å². The van der Waals surface area contributed by atoms with E-state index in [1.807, 2.05) is 0 Å². The molecule has 0 spiro atoms. The Morgan fingerprint density at radius 2 is 1.93 bits per heavy atom. The summed E-state index contributed by atoms with van der Waals surface area (Å²) in [5.74, 6) is 1.16. The van der Waals surface area contributed by atoms with Crippen LogP contribution in [-0.2, 0) is 9.53 Å². The minimum absolute atomic E-state index is 0.0781. The molecule has 3 heteroatoms. The maximum Gasteiger partial charge on any atom is 0.323 e. The molecule has 2 aliphatic carbocycles. The van der Waals surface area contributed by atoms with Crippen LogP contribution in [0.5, 0.6) is 0 Å². The highest BCUT2D eigenvalue weighted by molar-refractivity contribution is 5.76. The molecular formula is C12H21NO2. The smallest absolute Gasteiger partial charge is 0.323 e. The molecule has 2 saturated carbocycles. The van der Waals surface area contributed by atoms with Crippen LogP contribution in [0.25, 0.3) is 0 Å². The minimum Gasteiger partial charge on any atom is -0.468 e. The van der Waals surface area contributed by atoms with E-state index in [2.05, 4.69) is 19.2 Å². The molecule has 3 nitrogen and oxygen atoms in total. The van der Waals surface area contributed by atoms with Crippen LogP contribution in [0.15, 0.2) is 0 Å². The summed E-state index contributed by atoms with van der Waals surface area (Å²) in [5, 5.41) is 3.49. The van der Waals surface area contributed by atoms with Gasteiger partial charge in [-0.25, -0.2) is 0 Å². The Hall–Kier alpha value is -0.570. The highest BCUT2D eigenvalue weighted by Gasteiger charge is 2.44. The SMILES string of the molecule is COC(=O)C(NC(C)(C)C1CC1)C1CC1. The van der Waals surface area contributed by atoms with Crippen LogP contribution in [0.4, 0.5) is 0 Å². The van der Waals surface area contributed by atoms with E-state index in [1.54, 1.807) is 0 Å². The number of esters is 1. The molecule has 0 bridgehead atoms. The van der Waals surface area contributed by atoms with Gasteiger partial charge in [-0.05, 0) is 51.4 Å². The highest BCUT2D eigenvalue weighted by atomic mass is 16.5. The van der Waals surface area contributed by atoms with Gasteiger partial charge in [-0.1, -0.05) is 0 Å². The van der Waals surface area contributed by atoms with Gasteiger partial charge < -0.3 is 4.74 Å². The molecule has 0 saturated heterocycles. The van der Waals surface area contributed by atoms with Crippen LogP contribution in [0.1, 0.15) is 39.5 Å². The van der Waals surface area contributed by atoms with Crippen molar-refractivity contribution in [2.24, 2.45) is 11.8 Å². The predicted octanol–water partition coefficient (Wildman–Crippen LogP) is 1.72. The first kappa shape index (κ1) is 10.9. The van der Waals surface area contributed by atoms with Crippen LogP contribution < -0.4 is 5.32 Å². The fourth-order valence-electron chi connectivity index (χ4n) is 2.25. The Morgan fingerprint density at radius 1 is 1.33 bits per heavy atom. The van der Waals surface area contributed by atoms with Crippen LogP contribution in [-0.4, -0.2) is 24.7 Å². The lowest BCUT2D eigenvalue weighted by Gasteiger charge is -2.31. The summed E-state index contributed by atoms with van der Waals surface area (Å²) in [5.41, 5.74) is 0.0848. The summed E-state index contributed by atoms with van der Waals surface area (Å²) in [4.78, 5) is 11.6. The van der Waals surface area contributed by atoms with Gasteiger partial charge in [-0.2, -0.15) is 0 Å². The molecule has 1 atom stereocenters. The Labute approximate surface area is 91.6 Å². The van der Waals surface area contributed by atoms with Gasteiger partial charge >= 0.3 is 5.97 Å². The van der Waals surface area contributed by atoms with E-state index >= 15 is 0 Å². The third kappa shape index (κ3) is 2.51. The van der Waals surface area contributed by atoms with Gasteiger partial charge in [-0.3, -0.25) is 10.1 Å². The Bertz CT molecular complexity index is 254. The Kier molecular flexibility index (Phi) is 2.75. The Morgan fingerprint density at radius 3 is 2.33 bits per heavy atom. The normalized spacial score (nSPS) is 23.7. The molecule has 86 valence electrons. The maximum absolute atomic E-state index is 11.6.